The quantitative estimate of drug-likeness (QED) is 0.724. The lowest BCUT2D eigenvalue weighted by atomic mass is 9.90. The summed E-state index contributed by atoms with van der Waals surface area (Å²) in [6, 6.07) is 7.73. The van der Waals surface area contributed by atoms with Crippen LogP contribution in [0.15, 0.2) is 30.6 Å². The molecular weight excluding hydrogens is 408 g/mol. The van der Waals surface area contributed by atoms with Crippen molar-refractivity contribution in [3.63, 3.8) is 0 Å². The first-order valence-electron chi connectivity index (χ1n) is 11.3. The fourth-order valence-corrected chi connectivity index (χ4v) is 4.78. The Balaban J connectivity index is 1.79. The molecule has 1 aliphatic carbocycles. The number of benzene rings is 1. The van der Waals surface area contributed by atoms with Gasteiger partial charge in [0.15, 0.2) is 5.69 Å². The van der Waals surface area contributed by atoms with Crippen molar-refractivity contribution in [1.82, 2.24) is 14.9 Å². The number of aryl methyl sites for hydroxylation is 1. The number of rotatable bonds is 5. The van der Waals surface area contributed by atoms with Gasteiger partial charge in [-0.25, -0.2) is 9.78 Å². The number of amides is 2. The van der Waals surface area contributed by atoms with Crippen molar-refractivity contribution in [2.24, 2.45) is 0 Å². The standard InChI is InChI=1S/C24H30N4O4/c1-4-16-9-8-12-18(13-16)28-21(29)20-19(22(30)32-3)25-15-27(20)14-24(28,2)23(31)26-17-10-6-5-7-11-17/h8-9,12-13,15,17H,4-7,10-11,14H2,1-3H3,(H,26,31). The van der Waals surface area contributed by atoms with Crippen LogP contribution in [0, 0.1) is 0 Å². The van der Waals surface area contributed by atoms with E-state index in [0.29, 0.717) is 5.69 Å². The monoisotopic (exact) mass is 438 g/mol. The molecule has 2 aromatic rings. The predicted octanol–water partition coefficient (Wildman–Crippen LogP) is 3.10. The molecule has 0 spiro atoms. The molecule has 2 aliphatic rings. The predicted molar refractivity (Wildman–Crippen MR) is 120 cm³/mol. The lowest BCUT2D eigenvalue weighted by Gasteiger charge is -2.44. The molecule has 1 aromatic heterocycles. The van der Waals surface area contributed by atoms with Crippen molar-refractivity contribution in [3.8, 4) is 0 Å². The normalized spacial score (nSPS) is 21.2. The third-order valence-electron chi connectivity index (χ3n) is 6.60. The molecule has 1 atom stereocenters. The van der Waals surface area contributed by atoms with Crippen LogP contribution in [-0.2, 0) is 22.5 Å². The van der Waals surface area contributed by atoms with Crippen LogP contribution in [0.2, 0.25) is 0 Å². The van der Waals surface area contributed by atoms with Gasteiger partial charge in [-0.1, -0.05) is 38.3 Å². The second kappa shape index (κ2) is 8.76. The Bertz CT molecular complexity index is 1040. The van der Waals surface area contributed by atoms with E-state index in [0.717, 1.165) is 37.7 Å². The molecule has 1 saturated carbocycles. The van der Waals surface area contributed by atoms with Gasteiger partial charge in [0.2, 0.25) is 5.91 Å². The SMILES string of the molecule is CCc1cccc(N2C(=O)c3c(C(=O)OC)ncn3CC2(C)C(=O)NC2CCCCC2)c1. The van der Waals surface area contributed by atoms with E-state index in [1.54, 1.807) is 11.5 Å². The summed E-state index contributed by atoms with van der Waals surface area (Å²) >= 11 is 0. The molecule has 8 heteroatoms. The van der Waals surface area contributed by atoms with E-state index in [4.69, 9.17) is 4.74 Å². The van der Waals surface area contributed by atoms with Gasteiger partial charge < -0.3 is 14.6 Å². The van der Waals surface area contributed by atoms with Crippen molar-refractivity contribution in [2.75, 3.05) is 12.0 Å². The highest BCUT2D eigenvalue weighted by Gasteiger charge is 2.50. The highest BCUT2D eigenvalue weighted by molar-refractivity contribution is 6.15. The fraction of sp³-hybridized carbons (Fsp3) is 0.500. The lowest BCUT2D eigenvalue weighted by Crippen LogP contribution is -2.65. The van der Waals surface area contributed by atoms with Crippen LogP contribution in [0.25, 0.3) is 0 Å². The number of carbonyl (C=O) groups excluding carboxylic acids is 3. The zero-order chi connectivity index (χ0) is 22.9. The van der Waals surface area contributed by atoms with E-state index >= 15 is 0 Å². The molecule has 1 fully saturated rings. The summed E-state index contributed by atoms with van der Waals surface area (Å²) in [5.41, 5.74) is 0.601. The zero-order valence-electron chi connectivity index (χ0n) is 18.9. The molecule has 8 nitrogen and oxygen atoms in total. The van der Waals surface area contributed by atoms with E-state index in [1.807, 2.05) is 31.2 Å². The highest BCUT2D eigenvalue weighted by atomic mass is 16.5. The molecule has 1 aromatic carbocycles. The molecule has 1 aliphatic heterocycles. The molecule has 0 radical (unpaired) electrons. The molecule has 4 rings (SSSR count). The second-order valence-corrected chi connectivity index (χ2v) is 8.81. The number of hydrogen-bond acceptors (Lipinski definition) is 5. The van der Waals surface area contributed by atoms with Crippen LogP contribution in [0.4, 0.5) is 5.69 Å². The number of ether oxygens (including phenoxy) is 1. The first-order valence-corrected chi connectivity index (χ1v) is 11.3. The average molecular weight is 439 g/mol. The minimum Gasteiger partial charge on any atom is -0.464 e. The summed E-state index contributed by atoms with van der Waals surface area (Å²) in [6.07, 6.45) is 7.51. The van der Waals surface area contributed by atoms with Crippen molar-refractivity contribution in [1.29, 1.82) is 0 Å². The zero-order valence-corrected chi connectivity index (χ0v) is 18.9. The van der Waals surface area contributed by atoms with Crippen molar-refractivity contribution < 1.29 is 19.1 Å². The number of hydrogen-bond donors (Lipinski definition) is 1. The summed E-state index contributed by atoms with van der Waals surface area (Å²) < 4.78 is 6.41. The number of anilines is 1. The van der Waals surface area contributed by atoms with E-state index in [9.17, 15) is 14.4 Å². The molecule has 0 bridgehead atoms. The van der Waals surface area contributed by atoms with E-state index in [1.165, 1.54) is 24.8 Å². The average Bonchev–Trinajstić information content (AvgIpc) is 3.23. The van der Waals surface area contributed by atoms with Gasteiger partial charge in [0.1, 0.15) is 11.2 Å². The fourth-order valence-electron chi connectivity index (χ4n) is 4.78. The maximum Gasteiger partial charge on any atom is 0.359 e. The summed E-state index contributed by atoms with van der Waals surface area (Å²) in [7, 11) is 1.26. The molecule has 2 heterocycles. The number of imidazole rings is 1. The molecule has 170 valence electrons. The molecule has 1 unspecified atom stereocenters. The van der Waals surface area contributed by atoms with Crippen LogP contribution in [0.1, 0.15) is 72.5 Å². The molecule has 1 N–H and O–H groups in total. The van der Waals surface area contributed by atoms with E-state index < -0.39 is 17.4 Å². The molecular formula is C24H30N4O4. The minimum absolute atomic E-state index is 0.0381. The minimum atomic E-state index is -1.18. The van der Waals surface area contributed by atoms with Crippen molar-refractivity contribution in [2.45, 2.75) is 70.5 Å². The van der Waals surface area contributed by atoms with Crippen LogP contribution in [0.5, 0.6) is 0 Å². The number of esters is 1. The Hall–Kier alpha value is -3.16. The maximum absolute atomic E-state index is 13.8. The van der Waals surface area contributed by atoms with Crippen LogP contribution >= 0.6 is 0 Å². The number of fused-ring (bicyclic) bond motifs is 1. The smallest absolute Gasteiger partial charge is 0.359 e. The van der Waals surface area contributed by atoms with Gasteiger partial charge in [-0.3, -0.25) is 14.5 Å². The van der Waals surface area contributed by atoms with Crippen molar-refractivity contribution >= 4 is 23.5 Å². The third kappa shape index (κ3) is 3.78. The Kier molecular flexibility index (Phi) is 6.04. The summed E-state index contributed by atoms with van der Waals surface area (Å²) in [4.78, 5) is 45.4. The number of carbonyl (C=O) groups is 3. The van der Waals surface area contributed by atoms with Gasteiger partial charge in [-0.15, -0.1) is 0 Å². The van der Waals surface area contributed by atoms with E-state index in [-0.39, 0.29) is 29.9 Å². The largest absolute Gasteiger partial charge is 0.464 e. The summed E-state index contributed by atoms with van der Waals surface area (Å²) in [5, 5.41) is 3.19. The summed E-state index contributed by atoms with van der Waals surface area (Å²) in [5.74, 6) is -1.31. The Morgan fingerprint density at radius 2 is 2.00 bits per heavy atom. The first-order chi connectivity index (χ1) is 15.4. The number of nitrogens with zero attached hydrogens (tertiary/aromatic N) is 3. The van der Waals surface area contributed by atoms with Crippen LogP contribution in [0.3, 0.4) is 0 Å². The number of aromatic nitrogens is 2. The molecule has 2 amide bonds. The van der Waals surface area contributed by atoms with Gasteiger partial charge in [-0.2, -0.15) is 0 Å². The third-order valence-corrected chi connectivity index (χ3v) is 6.60. The topological polar surface area (TPSA) is 93.5 Å². The van der Waals surface area contributed by atoms with E-state index in [2.05, 4.69) is 10.3 Å². The van der Waals surface area contributed by atoms with Gasteiger partial charge in [0.05, 0.1) is 20.0 Å². The number of nitrogens with one attached hydrogen (secondary N) is 1. The Morgan fingerprint density at radius 1 is 1.25 bits per heavy atom. The van der Waals surface area contributed by atoms with Gasteiger partial charge >= 0.3 is 5.97 Å². The Morgan fingerprint density at radius 3 is 2.69 bits per heavy atom. The van der Waals surface area contributed by atoms with Crippen molar-refractivity contribution in [3.05, 3.63) is 47.5 Å². The van der Waals surface area contributed by atoms with Crippen LogP contribution in [-0.4, -0.2) is 46.0 Å². The molecule has 0 saturated heterocycles. The van der Waals surface area contributed by atoms with Gasteiger partial charge in [0.25, 0.3) is 5.91 Å². The highest BCUT2D eigenvalue weighted by Crippen LogP contribution is 2.34. The van der Waals surface area contributed by atoms with Gasteiger partial charge in [0, 0.05) is 11.7 Å². The Labute approximate surface area is 187 Å². The summed E-state index contributed by atoms with van der Waals surface area (Å²) in [6.45, 7) is 4.01. The second-order valence-electron chi connectivity index (χ2n) is 8.81. The van der Waals surface area contributed by atoms with Gasteiger partial charge in [-0.05, 0) is 43.9 Å². The lowest BCUT2D eigenvalue weighted by molar-refractivity contribution is -0.127. The maximum atomic E-state index is 13.8. The first kappa shape index (κ1) is 22.0. The van der Waals surface area contributed by atoms with Crippen LogP contribution < -0.4 is 10.2 Å². The number of methoxy groups -OCH3 is 1. The molecule has 32 heavy (non-hydrogen) atoms.